The van der Waals surface area contributed by atoms with Gasteiger partial charge >= 0.3 is 0 Å². The summed E-state index contributed by atoms with van der Waals surface area (Å²) in [6.07, 6.45) is 7.24. The van der Waals surface area contributed by atoms with E-state index in [2.05, 4.69) is 15.6 Å². The van der Waals surface area contributed by atoms with E-state index in [-0.39, 0.29) is 17.0 Å². The smallest absolute Gasteiger partial charge is 0.270 e. The third kappa shape index (κ3) is 4.23. The summed E-state index contributed by atoms with van der Waals surface area (Å²) in [5, 5.41) is 6.16. The fourth-order valence-corrected chi connectivity index (χ4v) is 3.03. The number of benzene rings is 1. The van der Waals surface area contributed by atoms with E-state index in [1.807, 2.05) is 0 Å². The fraction of sp³-hybridized carbons (Fsp3) is 0.333. The van der Waals surface area contributed by atoms with Crippen molar-refractivity contribution >= 4 is 28.9 Å². The number of nitrogens with one attached hydrogen (secondary N) is 2. The summed E-state index contributed by atoms with van der Waals surface area (Å²) in [5.74, 6) is -0.603. The zero-order valence-corrected chi connectivity index (χ0v) is 13.9. The minimum Gasteiger partial charge on any atom is -0.354 e. The van der Waals surface area contributed by atoms with Crippen LogP contribution in [-0.2, 0) is 0 Å². The molecule has 1 heterocycles. The number of rotatable bonds is 4. The first-order valence-corrected chi connectivity index (χ1v) is 8.48. The second-order valence-electron chi connectivity index (χ2n) is 5.99. The number of amides is 1. The molecule has 0 unspecified atom stereocenters. The third-order valence-corrected chi connectivity index (χ3v) is 4.43. The Morgan fingerprint density at radius 1 is 1.12 bits per heavy atom. The molecule has 126 valence electrons. The summed E-state index contributed by atoms with van der Waals surface area (Å²) < 4.78 is 13.2. The molecule has 0 atom stereocenters. The maximum absolute atomic E-state index is 13.2. The topological polar surface area (TPSA) is 54.0 Å². The summed E-state index contributed by atoms with van der Waals surface area (Å²) in [6, 6.07) is 8.08. The molecule has 24 heavy (non-hydrogen) atoms. The van der Waals surface area contributed by atoms with Crippen molar-refractivity contribution in [3.05, 3.63) is 53.1 Å². The Hall–Kier alpha value is -2.14. The van der Waals surface area contributed by atoms with E-state index in [9.17, 15) is 9.18 Å². The van der Waals surface area contributed by atoms with Gasteiger partial charge in [-0.05, 0) is 43.2 Å². The highest BCUT2D eigenvalue weighted by Gasteiger charge is 2.17. The van der Waals surface area contributed by atoms with Gasteiger partial charge < -0.3 is 10.6 Å². The van der Waals surface area contributed by atoms with Crippen molar-refractivity contribution in [3.63, 3.8) is 0 Å². The number of nitrogens with zero attached hydrogens (tertiary/aromatic N) is 1. The molecule has 2 aromatic rings. The van der Waals surface area contributed by atoms with Gasteiger partial charge in [-0.2, -0.15) is 0 Å². The predicted molar refractivity (Wildman–Crippen MR) is 93.3 cm³/mol. The average Bonchev–Trinajstić information content (AvgIpc) is 2.60. The molecule has 1 aromatic carbocycles. The van der Waals surface area contributed by atoms with Crippen LogP contribution in [0.15, 0.2) is 36.5 Å². The fourth-order valence-electron chi connectivity index (χ4n) is 2.85. The van der Waals surface area contributed by atoms with Gasteiger partial charge in [0.05, 0.1) is 16.9 Å². The van der Waals surface area contributed by atoms with Crippen LogP contribution in [0.5, 0.6) is 0 Å². The van der Waals surface area contributed by atoms with Crippen LogP contribution in [0.1, 0.15) is 42.6 Å². The second kappa shape index (κ2) is 7.62. The Morgan fingerprint density at radius 2 is 1.88 bits per heavy atom. The molecule has 0 bridgehead atoms. The molecule has 3 rings (SSSR count). The first-order chi connectivity index (χ1) is 11.6. The number of hydrogen-bond donors (Lipinski definition) is 2. The van der Waals surface area contributed by atoms with E-state index in [0.717, 1.165) is 12.8 Å². The van der Waals surface area contributed by atoms with Gasteiger partial charge in [-0.3, -0.25) is 4.79 Å². The van der Waals surface area contributed by atoms with Gasteiger partial charge in [0, 0.05) is 11.7 Å². The average molecular weight is 348 g/mol. The van der Waals surface area contributed by atoms with Gasteiger partial charge in [0.1, 0.15) is 11.5 Å². The summed E-state index contributed by atoms with van der Waals surface area (Å²) >= 11 is 5.76. The molecule has 0 aliphatic heterocycles. The number of carbonyl (C=O) groups excluding carboxylic acids is 1. The SMILES string of the molecule is O=C(NC1CCCCC1)c1ccc(Nc2ccc(F)c(Cl)c2)cn1. The monoisotopic (exact) mass is 347 g/mol. The molecule has 1 saturated carbocycles. The standard InChI is InChI=1S/C18H19ClFN3O/c19-15-10-13(6-8-16(15)20)22-14-7-9-17(21-11-14)18(24)23-12-4-2-1-3-5-12/h6-12,22H,1-5H2,(H,23,24). The summed E-state index contributed by atoms with van der Waals surface area (Å²) in [7, 11) is 0. The summed E-state index contributed by atoms with van der Waals surface area (Å²) in [5.41, 5.74) is 1.75. The molecule has 1 aliphatic rings. The van der Waals surface area contributed by atoms with Crippen LogP contribution >= 0.6 is 11.6 Å². The number of carbonyl (C=O) groups is 1. The lowest BCUT2D eigenvalue weighted by Gasteiger charge is -2.22. The quantitative estimate of drug-likeness (QED) is 0.844. The van der Waals surface area contributed by atoms with Crippen molar-refractivity contribution in [2.75, 3.05) is 5.32 Å². The Labute approximate surface area is 145 Å². The molecular formula is C18H19ClFN3O. The molecule has 1 amide bonds. The lowest BCUT2D eigenvalue weighted by Crippen LogP contribution is -2.36. The molecule has 1 aromatic heterocycles. The molecule has 0 spiro atoms. The van der Waals surface area contributed by atoms with Crippen molar-refractivity contribution in [2.24, 2.45) is 0 Å². The zero-order valence-electron chi connectivity index (χ0n) is 13.2. The van der Waals surface area contributed by atoms with E-state index in [1.54, 1.807) is 24.4 Å². The maximum Gasteiger partial charge on any atom is 0.270 e. The highest BCUT2D eigenvalue weighted by molar-refractivity contribution is 6.31. The van der Waals surface area contributed by atoms with Gasteiger partial charge in [0.2, 0.25) is 0 Å². The van der Waals surface area contributed by atoms with Crippen LogP contribution in [0, 0.1) is 5.82 Å². The molecule has 4 nitrogen and oxygen atoms in total. The molecular weight excluding hydrogens is 329 g/mol. The number of aromatic nitrogens is 1. The van der Waals surface area contributed by atoms with Gasteiger partial charge in [-0.1, -0.05) is 30.9 Å². The van der Waals surface area contributed by atoms with E-state index in [1.165, 1.54) is 31.4 Å². The molecule has 6 heteroatoms. The Morgan fingerprint density at radius 3 is 2.54 bits per heavy atom. The lowest BCUT2D eigenvalue weighted by molar-refractivity contribution is 0.0922. The van der Waals surface area contributed by atoms with E-state index in [4.69, 9.17) is 11.6 Å². The molecule has 1 aliphatic carbocycles. The highest BCUT2D eigenvalue weighted by atomic mass is 35.5. The van der Waals surface area contributed by atoms with E-state index < -0.39 is 5.82 Å². The first kappa shape index (κ1) is 16.7. The third-order valence-electron chi connectivity index (χ3n) is 4.14. The van der Waals surface area contributed by atoms with Gasteiger partial charge in [-0.15, -0.1) is 0 Å². The van der Waals surface area contributed by atoms with Crippen molar-refractivity contribution in [2.45, 2.75) is 38.1 Å². The van der Waals surface area contributed by atoms with Crippen LogP contribution < -0.4 is 10.6 Å². The Bertz CT molecular complexity index is 715. The van der Waals surface area contributed by atoms with Crippen molar-refractivity contribution in [1.29, 1.82) is 0 Å². The van der Waals surface area contributed by atoms with Crippen molar-refractivity contribution in [3.8, 4) is 0 Å². The maximum atomic E-state index is 13.2. The predicted octanol–water partition coefficient (Wildman–Crippen LogP) is 4.68. The van der Waals surface area contributed by atoms with E-state index in [0.29, 0.717) is 17.1 Å². The second-order valence-corrected chi connectivity index (χ2v) is 6.40. The number of pyridine rings is 1. The van der Waals surface area contributed by atoms with Gasteiger partial charge in [0.15, 0.2) is 0 Å². The zero-order chi connectivity index (χ0) is 16.9. The van der Waals surface area contributed by atoms with Gasteiger partial charge in [-0.25, -0.2) is 9.37 Å². The van der Waals surface area contributed by atoms with Crippen molar-refractivity contribution < 1.29 is 9.18 Å². The normalized spacial score (nSPS) is 15.1. The first-order valence-electron chi connectivity index (χ1n) is 8.11. The molecule has 1 fully saturated rings. The van der Waals surface area contributed by atoms with Crippen LogP contribution in [0.3, 0.4) is 0 Å². The molecule has 2 N–H and O–H groups in total. The number of halogens is 2. The Kier molecular flexibility index (Phi) is 5.30. The minimum absolute atomic E-state index is 0.0523. The Balaban J connectivity index is 1.61. The summed E-state index contributed by atoms with van der Waals surface area (Å²) in [4.78, 5) is 16.4. The molecule has 0 radical (unpaired) electrons. The highest BCUT2D eigenvalue weighted by Crippen LogP contribution is 2.22. The number of anilines is 2. The minimum atomic E-state index is -0.463. The van der Waals surface area contributed by atoms with Gasteiger partial charge in [0.25, 0.3) is 5.91 Å². The molecule has 0 saturated heterocycles. The van der Waals surface area contributed by atoms with E-state index >= 15 is 0 Å². The number of hydrogen-bond acceptors (Lipinski definition) is 3. The van der Waals surface area contributed by atoms with Crippen LogP contribution in [-0.4, -0.2) is 16.9 Å². The largest absolute Gasteiger partial charge is 0.354 e. The van der Waals surface area contributed by atoms with Crippen molar-refractivity contribution in [1.82, 2.24) is 10.3 Å². The van der Waals surface area contributed by atoms with Crippen LogP contribution in [0.2, 0.25) is 5.02 Å². The lowest BCUT2D eigenvalue weighted by atomic mass is 9.95. The van der Waals surface area contributed by atoms with Crippen LogP contribution in [0.4, 0.5) is 15.8 Å². The van der Waals surface area contributed by atoms with Crippen LogP contribution in [0.25, 0.3) is 0 Å². The summed E-state index contributed by atoms with van der Waals surface area (Å²) in [6.45, 7) is 0.